The van der Waals surface area contributed by atoms with Gasteiger partial charge in [-0.25, -0.2) is 9.79 Å². The van der Waals surface area contributed by atoms with Crippen LogP contribution in [0.15, 0.2) is 112 Å². The molecule has 0 aliphatic carbocycles. The van der Waals surface area contributed by atoms with E-state index in [1.807, 2.05) is 72.8 Å². The fourth-order valence-corrected chi connectivity index (χ4v) is 6.69. The first-order valence-electron chi connectivity index (χ1n) is 14.7. The minimum atomic E-state index is -0.769. The number of carbonyl (C=O) groups is 1. The van der Waals surface area contributed by atoms with Gasteiger partial charge in [-0.15, -0.1) is 0 Å². The van der Waals surface area contributed by atoms with Gasteiger partial charge in [0.25, 0.3) is 5.56 Å². The Morgan fingerprint density at radius 2 is 1.74 bits per heavy atom. The van der Waals surface area contributed by atoms with Gasteiger partial charge in [-0.1, -0.05) is 102 Å². The second-order valence-electron chi connectivity index (χ2n) is 10.4. The highest BCUT2D eigenvalue weighted by Crippen LogP contribution is 2.38. The normalized spacial score (nSPS) is 14.2. The number of methoxy groups -OCH3 is 1. The number of hydrogen-bond acceptors (Lipinski definition) is 8. The van der Waals surface area contributed by atoms with E-state index in [0.717, 1.165) is 11.1 Å². The fourth-order valence-electron chi connectivity index (χ4n) is 5.41. The van der Waals surface area contributed by atoms with Crippen molar-refractivity contribution in [2.75, 3.05) is 13.7 Å². The minimum Gasteiger partial charge on any atom is -0.493 e. The Morgan fingerprint density at radius 1 is 1.04 bits per heavy atom. The molecule has 1 aliphatic rings. The van der Waals surface area contributed by atoms with Crippen LogP contribution in [0.3, 0.4) is 0 Å². The van der Waals surface area contributed by atoms with E-state index in [-0.39, 0.29) is 29.4 Å². The van der Waals surface area contributed by atoms with E-state index in [4.69, 9.17) is 30.8 Å². The number of esters is 1. The number of nitrogens with zero attached hydrogens (tertiary/aromatic N) is 3. The zero-order chi connectivity index (χ0) is 32.9. The van der Waals surface area contributed by atoms with Crippen molar-refractivity contribution >= 4 is 40.7 Å². The molecule has 47 heavy (non-hydrogen) atoms. The van der Waals surface area contributed by atoms with E-state index in [0.29, 0.717) is 43.2 Å². The van der Waals surface area contributed by atoms with Crippen molar-refractivity contribution < 1.29 is 19.0 Å². The quantitative estimate of drug-likeness (QED) is 0.178. The lowest BCUT2D eigenvalue weighted by Crippen LogP contribution is -2.39. The molecule has 1 atom stereocenters. The van der Waals surface area contributed by atoms with Gasteiger partial charge < -0.3 is 14.2 Å². The molecule has 8 nitrogen and oxygen atoms in total. The summed E-state index contributed by atoms with van der Waals surface area (Å²) >= 11 is 7.90. The van der Waals surface area contributed by atoms with Gasteiger partial charge in [0.1, 0.15) is 6.61 Å². The number of rotatable bonds is 9. The molecule has 0 saturated heterocycles. The minimum absolute atomic E-state index is 0.115. The molecule has 234 valence electrons. The summed E-state index contributed by atoms with van der Waals surface area (Å²) in [7, 11) is 1.50. The smallest absolute Gasteiger partial charge is 0.338 e. The zero-order valence-corrected chi connectivity index (χ0v) is 27.0. The van der Waals surface area contributed by atoms with E-state index in [9.17, 15) is 14.9 Å². The second-order valence-corrected chi connectivity index (χ2v) is 11.9. The number of aromatic nitrogens is 1. The Kier molecular flexibility index (Phi) is 9.34. The van der Waals surface area contributed by atoms with Crippen LogP contribution in [0.4, 0.5) is 0 Å². The first kappa shape index (κ1) is 31.5. The summed E-state index contributed by atoms with van der Waals surface area (Å²) in [4.78, 5) is 33.1. The zero-order valence-electron chi connectivity index (χ0n) is 25.5. The van der Waals surface area contributed by atoms with E-state index in [1.165, 1.54) is 18.4 Å². The van der Waals surface area contributed by atoms with E-state index in [2.05, 4.69) is 6.07 Å². The third kappa shape index (κ3) is 6.34. The third-order valence-corrected chi connectivity index (χ3v) is 8.81. The number of nitriles is 1. The Balaban J connectivity index is 1.48. The molecule has 5 aromatic rings. The summed E-state index contributed by atoms with van der Waals surface area (Å²) in [5.41, 5.74) is 3.72. The van der Waals surface area contributed by atoms with Gasteiger partial charge in [0, 0.05) is 11.1 Å². The van der Waals surface area contributed by atoms with Crippen LogP contribution in [0.1, 0.15) is 40.8 Å². The fraction of sp³-hybridized carbons (Fsp3) is 0.135. The van der Waals surface area contributed by atoms with E-state index < -0.39 is 12.0 Å². The van der Waals surface area contributed by atoms with Crippen LogP contribution < -0.4 is 24.4 Å². The van der Waals surface area contributed by atoms with Crippen molar-refractivity contribution in [1.82, 2.24) is 4.57 Å². The van der Waals surface area contributed by atoms with Crippen LogP contribution in [0.25, 0.3) is 11.8 Å². The van der Waals surface area contributed by atoms with Crippen LogP contribution in [0, 0.1) is 11.3 Å². The maximum Gasteiger partial charge on any atom is 0.338 e. The monoisotopic (exact) mass is 661 g/mol. The Morgan fingerprint density at radius 3 is 2.45 bits per heavy atom. The molecule has 10 heteroatoms. The average molecular weight is 662 g/mol. The molecule has 0 bridgehead atoms. The summed E-state index contributed by atoms with van der Waals surface area (Å²) in [6, 6.07) is 30.7. The second kappa shape index (κ2) is 13.9. The van der Waals surface area contributed by atoms with Crippen molar-refractivity contribution in [2.45, 2.75) is 19.6 Å². The van der Waals surface area contributed by atoms with E-state index in [1.54, 1.807) is 41.8 Å². The third-order valence-electron chi connectivity index (χ3n) is 7.55. The average Bonchev–Trinajstić information content (AvgIpc) is 3.41. The first-order chi connectivity index (χ1) is 22.9. The molecule has 1 aromatic heterocycles. The number of halogens is 1. The van der Waals surface area contributed by atoms with Crippen LogP contribution >= 0.6 is 22.9 Å². The van der Waals surface area contributed by atoms with Gasteiger partial charge in [-0.2, -0.15) is 5.26 Å². The highest BCUT2D eigenvalue weighted by atomic mass is 35.5. The van der Waals surface area contributed by atoms with Gasteiger partial charge in [0.05, 0.1) is 52.2 Å². The Bertz CT molecular complexity index is 2220. The molecule has 2 heterocycles. The van der Waals surface area contributed by atoms with Crippen molar-refractivity contribution in [3.05, 3.63) is 155 Å². The van der Waals surface area contributed by atoms with Crippen molar-refractivity contribution in [1.29, 1.82) is 5.26 Å². The maximum atomic E-state index is 14.2. The van der Waals surface area contributed by atoms with Crippen LogP contribution in [-0.2, 0) is 16.1 Å². The van der Waals surface area contributed by atoms with Crippen LogP contribution in [0.5, 0.6) is 11.5 Å². The molecule has 0 N–H and O–H groups in total. The molecule has 0 fully saturated rings. The predicted molar refractivity (Wildman–Crippen MR) is 181 cm³/mol. The Hall–Kier alpha value is -5.43. The van der Waals surface area contributed by atoms with E-state index >= 15 is 0 Å². The van der Waals surface area contributed by atoms with Gasteiger partial charge in [-0.05, 0) is 42.3 Å². The molecular formula is C37H28ClN3O5S. The molecule has 0 saturated carbocycles. The van der Waals surface area contributed by atoms with Crippen molar-refractivity contribution in [3.8, 4) is 17.6 Å². The summed E-state index contributed by atoms with van der Waals surface area (Å²) in [6.07, 6.45) is 1.71. The summed E-state index contributed by atoms with van der Waals surface area (Å²) < 4.78 is 19.1. The predicted octanol–water partition coefficient (Wildman–Crippen LogP) is 6.05. The molecule has 0 unspecified atom stereocenters. The number of benzene rings is 4. The standard InChI is InChI=1S/C37H28ClN3O5S/c1-3-45-36(43)31-32(24-12-6-4-7-13-24)40-37-41(33(31)25-14-8-5-9-15-25)35(42)30(47-37)20-23-18-28(38)34(29(19-23)44-2)46-22-27-17-11-10-16-26(27)21-39/h4-20,33H,3,22H2,1-2H3/b30-20-/t33-/m1/s1. The number of fused-ring (bicyclic) bond motifs is 1. The topological polar surface area (TPSA) is 103 Å². The lowest BCUT2D eigenvalue weighted by Gasteiger charge is -2.25. The molecule has 0 radical (unpaired) electrons. The van der Waals surface area contributed by atoms with Crippen molar-refractivity contribution in [3.63, 3.8) is 0 Å². The Labute approximate surface area is 279 Å². The number of ether oxygens (including phenoxy) is 3. The van der Waals surface area contributed by atoms with Gasteiger partial charge >= 0.3 is 5.97 Å². The molecule has 4 aromatic carbocycles. The lowest BCUT2D eigenvalue weighted by atomic mass is 9.93. The highest BCUT2D eigenvalue weighted by Gasteiger charge is 2.35. The van der Waals surface area contributed by atoms with Gasteiger partial charge in [-0.3, -0.25) is 9.36 Å². The molecule has 0 amide bonds. The largest absolute Gasteiger partial charge is 0.493 e. The van der Waals surface area contributed by atoms with Gasteiger partial charge in [0.2, 0.25) is 0 Å². The van der Waals surface area contributed by atoms with Crippen LogP contribution in [-0.4, -0.2) is 24.3 Å². The lowest BCUT2D eigenvalue weighted by molar-refractivity contribution is -0.138. The SMILES string of the molecule is CCOC(=O)C1=C(c2ccccc2)N=c2s/c(=C\c3cc(Cl)c(OCc4ccccc4C#N)c(OC)c3)c(=O)n2[C@@H]1c1ccccc1. The number of carbonyl (C=O) groups excluding carboxylic acids is 1. The summed E-state index contributed by atoms with van der Waals surface area (Å²) in [5.74, 6) is 0.142. The molecule has 1 aliphatic heterocycles. The van der Waals surface area contributed by atoms with Crippen LogP contribution in [0.2, 0.25) is 5.02 Å². The maximum absolute atomic E-state index is 14.2. The molecule has 6 rings (SSSR count). The first-order valence-corrected chi connectivity index (χ1v) is 15.9. The summed E-state index contributed by atoms with van der Waals surface area (Å²) in [5, 5.41) is 9.71. The summed E-state index contributed by atoms with van der Waals surface area (Å²) in [6.45, 7) is 2.03. The van der Waals surface area contributed by atoms with Crippen molar-refractivity contribution in [2.24, 2.45) is 4.99 Å². The number of hydrogen-bond donors (Lipinski definition) is 0. The van der Waals surface area contributed by atoms with Gasteiger partial charge in [0.15, 0.2) is 16.3 Å². The highest BCUT2D eigenvalue weighted by molar-refractivity contribution is 7.07. The number of thiazole rings is 1. The molecular weight excluding hydrogens is 634 g/mol. The molecule has 0 spiro atoms.